The topological polar surface area (TPSA) is 154 Å². The van der Waals surface area contributed by atoms with Gasteiger partial charge in [0.1, 0.15) is 29.4 Å². The first-order valence-electron chi connectivity index (χ1n) is 14.5. The third-order valence-corrected chi connectivity index (χ3v) is 6.74. The van der Waals surface area contributed by atoms with Gasteiger partial charge in [-0.3, -0.25) is 14.4 Å². The third kappa shape index (κ3) is 11.7. The van der Waals surface area contributed by atoms with Gasteiger partial charge in [-0.1, -0.05) is 49.7 Å². The zero-order valence-corrected chi connectivity index (χ0v) is 24.6. The van der Waals surface area contributed by atoms with E-state index in [2.05, 4.69) is 16.0 Å². The van der Waals surface area contributed by atoms with Gasteiger partial charge in [0.15, 0.2) is 0 Å². The number of esters is 1. The highest BCUT2D eigenvalue weighted by Crippen LogP contribution is 2.13. The van der Waals surface area contributed by atoms with Crippen LogP contribution in [0, 0.1) is 5.82 Å². The second-order valence-corrected chi connectivity index (χ2v) is 10.3. The summed E-state index contributed by atoms with van der Waals surface area (Å²) in [6.45, 7) is 1.69. The van der Waals surface area contributed by atoms with Crippen LogP contribution >= 0.6 is 0 Å². The van der Waals surface area contributed by atoms with Crippen molar-refractivity contribution in [3.05, 3.63) is 95.3 Å². The molecule has 3 amide bonds. The van der Waals surface area contributed by atoms with Gasteiger partial charge in [0, 0.05) is 19.3 Å². The molecule has 10 nitrogen and oxygen atoms in total. The molecule has 5 N–H and O–H groups in total. The second kappa shape index (κ2) is 17.3. The number of unbranched alkanes of at least 4 members (excludes halogenated alkanes) is 1. The highest BCUT2D eigenvalue weighted by Gasteiger charge is 2.25. The lowest BCUT2D eigenvalue weighted by Crippen LogP contribution is -2.52. The number of nitrogens with one attached hydrogen (secondary N) is 3. The maximum atomic E-state index is 13.2. The molecule has 0 aromatic heterocycles. The van der Waals surface area contributed by atoms with Crippen molar-refractivity contribution in [1.29, 1.82) is 0 Å². The summed E-state index contributed by atoms with van der Waals surface area (Å²) >= 11 is 0. The van der Waals surface area contributed by atoms with E-state index in [4.69, 9.17) is 4.74 Å². The van der Waals surface area contributed by atoms with Crippen LogP contribution in [0.4, 0.5) is 4.39 Å². The van der Waals surface area contributed by atoms with Crippen LogP contribution in [-0.4, -0.2) is 59.1 Å². The number of aromatic hydroxyl groups is 2. The Morgan fingerprint density at radius 2 is 1.27 bits per heavy atom. The molecule has 0 bridgehead atoms. The molecule has 2 atom stereocenters. The minimum atomic E-state index is -1.04. The Labute approximate surface area is 255 Å². The first kappa shape index (κ1) is 33.6. The first-order valence-corrected chi connectivity index (χ1v) is 14.5. The number of hydrogen-bond donors (Lipinski definition) is 5. The maximum absolute atomic E-state index is 13.2. The van der Waals surface area contributed by atoms with E-state index in [-0.39, 0.29) is 43.2 Å². The molecule has 0 saturated heterocycles. The van der Waals surface area contributed by atoms with Crippen LogP contribution < -0.4 is 16.0 Å². The number of hydrogen-bond acceptors (Lipinski definition) is 7. The van der Waals surface area contributed by atoms with Crippen LogP contribution in [0.15, 0.2) is 72.8 Å². The average molecular weight is 608 g/mol. The SMILES string of the molecule is CCCCOC(=O)[C@H](Cc1ccc(O)cc1)NC(=O)CNC(=O)[C@H](Cc1ccc(O)cc1)NC(=O)CCc1ccc(F)cc1. The van der Waals surface area contributed by atoms with Gasteiger partial charge in [0.25, 0.3) is 0 Å². The molecule has 0 unspecified atom stereocenters. The monoisotopic (exact) mass is 607 g/mol. The number of carbonyl (C=O) groups is 4. The lowest BCUT2D eigenvalue weighted by molar-refractivity contribution is -0.148. The van der Waals surface area contributed by atoms with Gasteiger partial charge in [-0.05, 0) is 65.9 Å². The lowest BCUT2D eigenvalue weighted by Gasteiger charge is -2.20. The van der Waals surface area contributed by atoms with E-state index in [1.807, 2.05) is 6.92 Å². The van der Waals surface area contributed by atoms with Crippen LogP contribution in [-0.2, 0) is 43.2 Å². The first-order chi connectivity index (χ1) is 21.1. The summed E-state index contributed by atoms with van der Waals surface area (Å²) in [6.07, 6.45) is 2.06. The standard InChI is InChI=1S/C33H38FN3O7/c1-2-3-18-44-33(43)29(20-24-8-15-27(39)16-9-24)37-31(41)21-35-32(42)28(19-23-6-13-26(38)14-7-23)36-30(40)17-10-22-4-11-25(34)12-5-22/h4-9,11-16,28-29,38-39H,2-3,10,17-21H2,1H3,(H,35,42)(H,36,40)(H,37,41)/t28-,29-/m0/s1. The van der Waals surface area contributed by atoms with E-state index >= 15 is 0 Å². The van der Waals surface area contributed by atoms with Gasteiger partial charge in [0.05, 0.1) is 13.2 Å². The van der Waals surface area contributed by atoms with Crippen molar-refractivity contribution in [2.24, 2.45) is 0 Å². The molecule has 0 radical (unpaired) electrons. The van der Waals surface area contributed by atoms with Gasteiger partial charge in [-0.15, -0.1) is 0 Å². The largest absolute Gasteiger partial charge is 0.508 e. The van der Waals surface area contributed by atoms with Gasteiger partial charge < -0.3 is 30.9 Å². The molecular weight excluding hydrogens is 569 g/mol. The molecule has 0 fully saturated rings. The summed E-state index contributed by atoms with van der Waals surface area (Å²) in [5.74, 6) is -2.57. The second-order valence-electron chi connectivity index (χ2n) is 10.3. The molecule has 0 aliphatic carbocycles. The summed E-state index contributed by atoms with van der Waals surface area (Å²) in [7, 11) is 0. The van der Waals surface area contributed by atoms with Crippen molar-refractivity contribution in [3.8, 4) is 11.5 Å². The number of benzene rings is 3. The molecule has 234 valence electrons. The number of phenolic OH excluding ortho intramolecular Hbond substituents is 2. The fourth-order valence-electron chi connectivity index (χ4n) is 4.27. The number of carbonyl (C=O) groups excluding carboxylic acids is 4. The number of aryl methyl sites for hydroxylation is 1. The van der Waals surface area contributed by atoms with Gasteiger partial charge >= 0.3 is 5.97 Å². The molecule has 0 aliphatic rings. The number of phenols is 2. The predicted octanol–water partition coefficient (Wildman–Crippen LogP) is 3.08. The lowest BCUT2D eigenvalue weighted by atomic mass is 10.0. The summed E-state index contributed by atoms with van der Waals surface area (Å²) in [4.78, 5) is 51.5. The van der Waals surface area contributed by atoms with Crippen LogP contribution in [0.1, 0.15) is 42.9 Å². The predicted molar refractivity (Wildman–Crippen MR) is 161 cm³/mol. The minimum absolute atomic E-state index is 0.0461. The van der Waals surface area contributed by atoms with Crippen LogP contribution in [0.25, 0.3) is 0 Å². The number of rotatable bonds is 16. The van der Waals surface area contributed by atoms with Gasteiger partial charge in [-0.25, -0.2) is 9.18 Å². The summed E-state index contributed by atoms with van der Waals surface area (Å²) in [5, 5.41) is 27.0. The molecule has 11 heteroatoms. The molecule has 3 aromatic carbocycles. The van der Waals surface area contributed by atoms with E-state index in [1.54, 1.807) is 36.4 Å². The highest BCUT2D eigenvalue weighted by atomic mass is 19.1. The Morgan fingerprint density at radius 3 is 1.84 bits per heavy atom. The van der Waals surface area contributed by atoms with Crippen molar-refractivity contribution in [1.82, 2.24) is 16.0 Å². The number of ether oxygens (including phenoxy) is 1. The van der Waals surface area contributed by atoms with Gasteiger partial charge in [0.2, 0.25) is 17.7 Å². The van der Waals surface area contributed by atoms with E-state index in [1.165, 1.54) is 36.4 Å². The van der Waals surface area contributed by atoms with Crippen LogP contribution in [0.5, 0.6) is 11.5 Å². The van der Waals surface area contributed by atoms with Crippen molar-refractivity contribution in [2.75, 3.05) is 13.2 Å². The number of halogens is 1. The molecule has 0 heterocycles. The van der Waals surface area contributed by atoms with Crippen LogP contribution in [0.3, 0.4) is 0 Å². The Kier molecular flexibility index (Phi) is 13.2. The number of amides is 3. The van der Waals surface area contributed by atoms with Crippen LogP contribution in [0.2, 0.25) is 0 Å². The maximum Gasteiger partial charge on any atom is 0.328 e. The van der Waals surface area contributed by atoms with E-state index in [0.29, 0.717) is 24.0 Å². The Bertz CT molecular complexity index is 1380. The normalized spacial score (nSPS) is 12.0. The zero-order chi connectivity index (χ0) is 31.9. The van der Waals surface area contributed by atoms with Crippen molar-refractivity contribution < 1.29 is 38.5 Å². The fourth-order valence-corrected chi connectivity index (χ4v) is 4.27. The Balaban J connectivity index is 1.62. The molecule has 44 heavy (non-hydrogen) atoms. The quantitative estimate of drug-likeness (QED) is 0.124. The zero-order valence-electron chi connectivity index (χ0n) is 24.6. The van der Waals surface area contributed by atoms with E-state index < -0.39 is 42.3 Å². The minimum Gasteiger partial charge on any atom is -0.508 e. The van der Waals surface area contributed by atoms with Crippen molar-refractivity contribution in [2.45, 2.75) is 57.5 Å². The van der Waals surface area contributed by atoms with Crippen molar-refractivity contribution in [3.63, 3.8) is 0 Å². The fraction of sp³-hybridized carbons (Fsp3) is 0.333. The van der Waals surface area contributed by atoms with Gasteiger partial charge in [-0.2, -0.15) is 0 Å². The molecular formula is C33H38FN3O7. The van der Waals surface area contributed by atoms with Crippen molar-refractivity contribution >= 4 is 23.7 Å². The summed E-state index contributed by atoms with van der Waals surface area (Å²) < 4.78 is 18.5. The Hall–Kier alpha value is -4.93. The van der Waals surface area contributed by atoms with E-state index in [9.17, 15) is 33.8 Å². The highest BCUT2D eigenvalue weighted by molar-refractivity contribution is 5.92. The summed E-state index contributed by atoms with van der Waals surface area (Å²) in [6, 6.07) is 16.0. The molecule has 0 aliphatic heterocycles. The van der Waals surface area contributed by atoms with E-state index in [0.717, 1.165) is 12.0 Å². The third-order valence-electron chi connectivity index (χ3n) is 6.74. The smallest absolute Gasteiger partial charge is 0.328 e. The molecule has 3 aromatic rings. The molecule has 3 rings (SSSR count). The molecule has 0 spiro atoms. The summed E-state index contributed by atoms with van der Waals surface area (Å²) in [5.41, 5.74) is 2.10. The Morgan fingerprint density at radius 1 is 0.750 bits per heavy atom. The molecule has 0 saturated carbocycles. The average Bonchev–Trinajstić information content (AvgIpc) is 3.01.